The molecule has 0 aromatic rings. The van der Waals surface area contributed by atoms with Crippen LogP contribution in [0, 0.1) is 0 Å². The second-order valence-corrected chi connectivity index (χ2v) is 13.9. The summed E-state index contributed by atoms with van der Waals surface area (Å²) >= 11 is 0. The average Bonchev–Trinajstić information content (AvgIpc) is 3.12. The van der Waals surface area contributed by atoms with Gasteiger partial charge in [-0.3, -0.25) is 14.4 Å². The van der Waals surface area contributed by atoms with Gasteiger partial charge in [-0.1, -0.05) is 172 Å². The van der Waals surface area contributed by atoms with Crippen molar-refractivity contribution in [2.45, 2.75) is 207 Å². The van der Waals surface area contributed by atoms with Crippen LogP contribution in [0.15, 0.2) is 48.6 Å². The number of hydrogen-bond donors (Lipinski definition) is 0. The molecule has 0 bridgehead atoms. The first-order valence-electron chi connectivity index (χ1n) is 21.1. The predicted molar refractivity (Wildman–Crippen MR) is 215 cm³/mol. The van der Waals surface area contributed by atoms with E-state index in [1.807, 2.05) is 0 Å². The highest BCUT2D eigenvalue weighted by Gasteiger charge is 2.19. The summed E-state index contributed by atoms with van der Waals surface area (Å²) in [6.07, 6.45) is 45.5. The van der Waals surface area contributed by atoms with Gasteiger partial charge in [0.15, 0.2) is 6.10 Å². The molecule has 0 spiro atoms. The van der Waals surface area contributed by atoms with Crippen LogP contribution in [0.4, 0.5) is 0 Å². The largest absolute Gasteiger partial charge is 0.462 e. The first-order valence-corrected chi connectivity index (χ1v) is 21.1. The van der Waals surface area contributed by atoms with Crippen LogP contribution in [0.25, 0.3) is 0 Å². The molecule has 0 saturated heterocycles. The Morgan fingerprint density at radius 3 is 1.20 bits per heavy atom. The van der Waals surface area contributed by atoms with Gasteiger partial charge >= 0.3 is 17.9 Å². The number of unbranched alkanes of at least 4 members (excludes halogenated alkanes) is 18. The normalized spacial score (nSPS) is 12.5. The summed E-state index contributed by atoms with van der Waals surface area (Å²) in [7, 11) is 0. The first kappa shape index (κ1) is 48.4. The van der Waals surface area contributed by atoms with E-state index in [9.17, 15) is 14.4 Å². The van der Waals surface area contributed by atoms with E-state index in [0.29, 0.717) is 19.3 Å². The van der Waals surface area contributed by atoms with E-state index in [-0.39, 0.29) is 31.1 Å². The highest BCUT2D eigenvalue weighted by molar-refractivity contribution is 5.71. The van der Waals surface area contributed by atoms with Gasteiger partial charge in [0, 0.05) is 19.3 Å². The molecule has 6 nitrogen and oxygen atoms in total. The lowest BCUT2D eigenvalue weighted by Gasteiger charge is -2.18. The first-order chi connectivity index (χ1) is 25.0. The van der Waals surface area contributed by atoms with Crippen molar-refractivity contribution in [2.24, 2.45) is 0 Å². The van der Waals surface area contributed by atoms with Crippen molar-refractivity contribution in [3.05, 3.63) is 48.6 Å². The van der Waals surface area contributed by atoms with Crippen molar-refractivity contribution in [1.29, 1.82) is 0 Å². The monoisotopic (exact) mass is 715 g/mol. The van der Waals surface area contributed by atoms with Crippen LogP contribution in [0.5, 0.6) is 0 Å². The van der Waals surface area contributed by atoms with Gasteiger partial charge in [0.25, 0.3) is 0 Å². The van der Waals surface area contributed by atoms with Gasteiger partial charge < -0.3 is 14.2 Å². The van der Waals surface area contributed by atoms with Crippen molar-refractivity contribution >= 4 is 17.9 Å². The molecule has 0 aliphatic carbocycles. The quantitative estimate of drug-likeness (QED) is 0.0276. The third-order valence-corrected chi connectivity index (χ3v) is 8.85. The molecule has 0 aromatic heterocycles. The molecule has 51 heavy (non-hydrogen) atoms. The number of carbonyl (C=O) groups excluding carboxylic acids is 3. The molecule has 0 radical (unpaired) electrons. The lowest BCUT2D eigenvalue weighted by Crippen LogP contribution is -2.30. The molecular weight excluding hydrogens is 636 g/mol. The predicted octanol–water partition coefficient (Wildman–Crippen LogP) is 13.2. The van der Waals surface area contributed by atoms with Gasteiger partial charge in [-0.15, -0.1) is 0 Å². The maximum Gasteiger partial charge on any atom is 0.306 e. The minimum Gasteiger partial charge on any atom is -0.462 e. The highest BCUT2D eigenvalue weighted by atomic mass is 16.6. The van der Waals surface area contributed by atoms with Crippen LogP contribution in [0.1, 0.15) is 201 Å². The average molecular weight is 715 g/mol. The topological polar surface area (TPSA) is 78.9 Å². The van der Waals surface area contributed by atoms with Crippen molar-refractivity contribution in [3.8, 4) is 0 Å². The van der Waals surface area contributed by atoms with Gasteiger partial charge in [-0.05, 0) is 57.8 Å². The second kappa shape index (κ2) is 40.1. The summed E-state index contributed by atoms with van der Waals surface area (Å²) in [6.45, 7) is 6.38. The van der Waals surface area contributed by atoms with Crippen molar-refractivity contribution in [2.75, 3.05) is 13.2 Å². The summed E-state index contributed by atoms with van der Waals surface area (Å²) in [6, 6.07) is 0. The van der Waals surface area contributed by atoms with Crippen molar-refractivity contribution in [1.82, 2.24) is 0 Å². The van der Waals surface area contributed by atoms with Gasteiger partial charge in [0.05, 0.1) is 0 Å². The highest BCUT2D eigenvalue weighted by Crippen LogP contribution is 2.14. The Morgan fingerprint density at radius 1 is 0.412 bits per heavy atom. The maximum atomic E-state index is 12.6. The number of ether oxygens (including phenoxy) is 3. The minimum absolute atomic E-state index is 0.0861. The zero-order chi connectivity index (χ0) is 37.3. The molecular formula is C45H78O6. The fraction of sp³-hybridized carbons (Fsp3) is 0.756. The summed E-state index contributed by atoms with van der Waals surface area (Å²) in [5.74, 6) is -0.946. The number of hydrogen-bond acceptors (Lipinski definition) is 6. The smallest absolute Gasteiger partial charge is 0.306 e. The zero-order valence-corrected chi connectivity index (χ0v) is 33.4. The molecule has 0 N–H and O–H groups in total. The summed E-state index contributed by atoms with van der Waals surface area (Å²) in [4.78, 5) is 37.4. The van der Waals surface area contributed by atoms with Crippen LogP contribution in [-0.4, -0.2) is 37.2 Å². The minimum atomic E-state index is -0.781. The fourth-order valence-electron chi connectivity index (χ4n) is 5.67. The Bertz CT molecular complexity index is 918. The van der Waals surface area contributed by atoms with Gasteiger partial charge in [-0.25, -0.2) is 0 Å². The summed E-state index contributed by atoms with van der Waals surface area (Å²) < 4.78 is 16.5. The fourth-order valence-corrected chi connectivity index (χ4v) is 5.67. The van der Waals surface area contributed by atoms with E-state index in [4.69, 9.17) is 14.2 Å². The van der Waals surface area contributed by atoms with E-state index < -0.39 is 6.10 Å². The molecule has 1 atom stereocenters. The van der Waals surface area contributed by atoms with E-state index in [0.717, 1.165) is 89.9 Å². The Balaban J connectivity index is 4.32. The summed E-state index contributed by atoms with van der Waals surface area (Å²) in [5.41, 5.74) is 0. The van der Waals surface area contributed by atoms with Gasteiger partial charge in [0.1, 0.15) is 13.2 Å². The number of rotatable bonds is 37. The Kier molecular flexibility index (Phi) is 38.1. The molecule has 0 aromatic carbocycles. The summed E-state index contributed by atoms with van der Waals surface area (Å²) in [5, 5.41) is 0. The molecule has 0 saturated carbocycles. The van der Waals surface area contributed by atoms with Crippen LogP contribution in [-0.2, 0) is 28.6 Å². The van der Waals surface area contributed by atoms with E-state index >= 15 is 0 Å². The lowest BCUT2D eigenvalue weighted by molar-refractivity contribution is -0.167. The number of allylic oxidation sites excluding steroid dienone is 8. The standard InChI is InChI=1S/C45H78O6/c1-4-7-10-13-15-17-19-21-22-24-25-27-29-32-35-38-44(47)50-41-42(40-49-43(46)37-34-31-12-9-6-3)51-45(48)39-36-33-30-28-26-23-20-18-16-14-11-8-5-2/h7,10,15,17,21-22,25,27,42H,4-6,8-9,11-14,16,18-20,23-24,26,28-41H2,1-3H3/b10-7-,17-15-,22-21-,27-25-. The molecule has 0 aliphatic rings. The molecule has 0 heterocycles. The lowest BCUT2D eigenvalue weighted by atomic mass is 10.0. The van der Waals surface area contributed by atoms with E-state index in [1.54, 1.807) is 0 Å². The molecule has 0 fully saturated rings. The third kappa shape index (κ3) is 38.4. The molecule has 0 amide bonds. The van der Waals surface area contributed by atoms with E-state index in [1.165, 1.54) is 70.6 Å². The molecule has 0 aliphatic heterocycles. The molecule has 294 valence electrons. The van der Waals surface area contributed by atoms with Crippen LogP contribution in [0.2, 0.25) is 0 Å². The van der Waals surface area contributed by atoms with Crippen molar-refractivity contribution < 1.29 is 28.6 Å². The van der Waals surface area contributed by atoms with Crippen LogP contribution in [0.3, 0.4) is 0 Å². The van der Waals surface area contributed by atoms with Crippen LogP contribution < -0.4 is 0 Å². The number of carbonyl (C=O) groups is 3. The Labute approximate surface area is 314 Å². The zero-order valence-electron chi connectivity index (χ0n) is 33.4. The number of esters is 3. The van der Waals surface area contributed by atoms with Gasteiger partial charge in [-0.2, -0.15) is 0 Å². The third-order valence-electron chi connectivity index (χ3n) is 8.85. The molecule has 1 unspecified atom stereocenters. The van der Waals surface area contributed by atoms with Crippen LogP contribution >= 0.6 is 0 Å². The SMILES string of the molecule is CC/C=C\C/C=C\C/C=C\C/C=C\CCCCC(=O)OCC(COC(=O)CCCCCCC)OC(=O)CCCCCCCCCCCCCCC. The van der Waals surface area contributed by atoms with E-state index in [2.05, 4.69) is 69.4 Å². The molecule has 0 rings (SSSR count). The van der Waals surface area contributed by atoms with Gasteiger partial charge in [0.2, 0.25) is 0 Å². The second-order valence-electron chi connectivity index (χ2n) is 13.9. The Hall–Kier alpha value is -2.63. The Morgan fingerprint density at radius 2 is 0.765 bits per heavy atom. The van der Waals surface area contributed by atoms with Crippen molar-refractivity contribution in [3.63, 3.8) is 0 Å². The maximum absolute atomic E-state index is 12.6. The molecule has 6 heteroatoms.